The van der Waals surface area contributed by atoms with Crippen LogP contribution < -0.4 is 16.6 Å². The summed E-state index contributed by atoms with van der Waals surface area (Å²) >= 11 is 1.08. The molecule has 0 aliphatic carbocycles. The third kappa shape index (κ3) is 2.99. The molecule has 0 aliphatic heterocycles. The van der Waals surface area contributed by atoms with E-state index in [9.17, 15) is 14.4 Å². The first-order valence-corrected chi connectivity index (χ1v) is 8.79. The molecular weight excluding hydrogens is 352 g/mol. The van der Waals surface area contributed by atoms with Crippen molar-refractivity contribution in [1.29, 1.82) is 0 Å². The molecule has 2 aromatic heterocycles. The Morgan fingerprint density at radius 2 is 1.96 bits per heavy atom. The van der Waals surface area contributed by atoms with Gasteiger partial charge >= 0.3 is 0 Å². The molecule has 3 N–H and O–H groups in total. The highest BCUT2D eigenvalue weighted by Crippen LogP contribution is 2.26. The van der Waals surface area contributed by atoms with Crippen LogP contribution in [0.25, 0.3) is 10.2 Å². The summed E-state index contributed by atoms with van der Waals surface area (Å²) in [6, 6.07) is 6.63. The standard InChI is InChI=1S/C18H18N4O3S/c1-9-6-4-5-7-12(9)21-16(24)11(3)22-8-20-17-13(18(22)25)10(2)14(26-17)15(19)23/h4-8,11H,1-3H3,(H2,19,23)(H,21,24)/t11-/m0/s1. The molecule has 2 amide bonds. The minimum Gasteiger partial charge on any atom is -0.365 e. The number of rotatable bonds is 4. The van der Waals surface area contributed by atoms with Gasteiger partial charge < -0.3 is 11.1 Å². The molecule has 26 heavy (non-hydrogen) atoms. The van der Waals surface area contributed by atoms with E-state index in [1.165, 1.54) is 10.9 Å². The van der Waals surface area contributed by atoms with Crippen LogP contribution in [0.15, 0.2) is 35.4 Å². The van der Waals surface area contributed by atoms with Crippen LogP contribution in [0, 0.1) is 13.8 Å². The van der Waals surface area contributed by atoms with Gasteiger partial charge in [-0.1, -0.05) is 18.2 Å². The van der Waals surface area contributed by atoms with E-state index < -0.39 is 11.9 Å². The Labute approximate surface area is 153 Å². The minimum absolute atomic E-state index is 0.305. The van der Waals surface area contributed by atoms with Crippen LogP contribution >= 0.6 is 11.3 Å². The predicted molar refractivity (Wildman–Crippen MR) is 102 cm³/mol. The van der Waals surface area contributed by atoms with Crippen LogP contribution in [-0.2, 0) is 4.79 Å². The summed E-state index contributed by atoms with van der Waals surface area (Å²) in [5.74, 6) is -0.924. The molecular formula is C18H18N4O3S. The Balaban J connectivity index is 1.99. The normalized spacial score (nSPS) is 12.1. The fourth-order valence-corrected chi connectivity index (χ4v) is 3.72. The second kappa shape index (κ2) is 6.72. The van der Waals surface area contributed by atoms with Crippen molar-refractivity contribution in [2.75, 3.05) is 5.32 Å². The minimum atomic E-state index is -0.768. The maximum absolute atomic E-state index is 12.8. The van der Waals surface area contributed by atoms with E-state index in [4.69, 9.17) is 5.73 Å². The number of carbonyl (C=O) groups excluding carboxylic acids is 2. The average Bonchev–Trinajstić information content (AvgIpc) is 2.94. The number of amides is 2. The Morgan fingerprint density at radius 3 is 2.62 bits per heavy atom. The average molecular weight is 370 g/mol. The predicted octanol–water partition coefficient (Wildman–Crippen LogP) is 2.37. The number of hydrogen-bond acceptors (Lipinski definition) is 5. The molecule has 0 unspecified atom stereocenters. The van der Waals surface area contributed by atoms with Gasteiger partial charge in [0.05, 0.1) is 16.6 Å². The van der Waals surface area contributed by atoms with Gasteiger partial charge in [-0.25, -0.2) is 4.98 Å². The zero-order chi connectivity index (χ0) is 19.0. The number of nitrogens with one attached hydrogen (secondary N) is 1. The van der Waals surface area contributed by atoms with E-state index in [-0.39, 0.29) is 11.5 Å². The van der Waals surface area contributed by atoms with E-state index in [0.717, 1.165) is 16.9 Å². The highest BCUT2D eigenvalue weighted by atomic mass is 32.1. The smallest absolute Gasteiger partial charge is 0.263 e. The number of hydrogen-bond donors (Lipinski definition) is 2. The molecule has 0 spiro atoms. The Bertz CT molecular complexity index is 1080. The van der Waals surface area contributed by atoms with E-state index in [2.05, 4.69) is 10.3 Å². The van der Waals surface area contributed by atoms with Gasteiger partial charge in [0.15, 0.2) is 0 Å². The molecule has 0 bridgehead atoms. The number of carbonyl (C=O) groups is 2. The van der Waals surface area contributed by atoms with Crippen LogP contribution in [0.2, 0.25) is 0 Å². The Morgan fingerprint density at radius 1 is 1.27 bits per heavy atom. The Hall–Kier alpha value is -3.00. The van der Waals surface area contributed by atoms with Crippen molar-refractivity contribution >= 4 is 39.1 Å². The quantitative estimate of drug-likeness (QED) is 0.735. The zero-order valence-electron chi connectivity index (χ0n) is 14.6. The van der Waals surface area contributed by atoms with Crippen LogP contribution in [0.3, 0.4) is 0 Å². The van der Waals surface area contributed by atoms with Crippen molar-refractivity contribution in [3.8, 4) is 0 Å². The number of para-hydroxylation sites is 1. The number of primary amides is 1. The topological polar surface area (TPSA) is 107 Å². The van der Waals surface area contributed by atoms with Crippen molar-refractivity contribution in [3.63, 3.8) is 0 Å². The molecule has 0 saturated carbocycles. The summed E-state index contributed by atoms with van der Waals surface area (Å²) in [6.07, 6.45) is 1.33. The van der Waals surface area contributed by atoms with Crippen molar-refractivity contribution in [1.82, 2.24) is 9.55 Å². The third-order valence-electron chi connectivity index (χ3n) is 4.30. The molecule has 0 saturated heterocycles. The fourth-order valence-electron chi connectivity index (χ4n) is 2.72. The lowest BCUT2D eigenvalue weighted by molar-refractivity contribution is -0.118. The molecule has 0 fully saturated rings. The second-order valence-electron chi connectivity index (χ2n) is 6.04. The number of nitrogens with zero attached hydrogens (tertiary/aromatic N) is 2. The lowest BCUT2D eigenvalue weighted by atomic mass is 10.2. The maximum Gasteiger partial charge on any atom is 0.263 e. The van der Waals surface area contributed by atoms with Gasteiger partial charge in [0.25, 0.3) is 11.5 Å². The van der Waals surface area contributed by atoms with Gasteiger partial charge in [-0.2, -0.15) is 0 Å². The molecule has 0 radical (unpaired) electrons. The van der Waals surface area contributed by atoms with Crippen LogP contribution in [0.1, 0.15) is 33.8 Å². The van der Waals surface area contributed by atoms with Gasteiger partial charge in [-0.05, 0) is 38.0 Å². The first-order valence-electron chi connectivity index (χ1n) is 7.97. The van der Waals surface area contributed by atoms with Crippen molar-refractivity contribution in [3.05, 3.63) is 57.0 Å². The molecule has 1 aromatic carbocycles. The number of thiophene rings is 1. The van der Waals surface area contributed by atoms with Crippen LogP contribution in [0.4, 0.5) is 5.69 Å². The monoisotopic (exact) mass is 370 g/mol. The van der Waals surface area contributed by atoms with Crippen LogP contribution in [-0.4, -0.2) is 21.4 Å². The molecule has 0 aliphatic rings. The molecule has 8 heteroatoms. The summed E-state index contributed by atoms with van der Waals surface area (Å²) < 4.78 is 1.26. The summed E-state index contributed by atoms with van der Waals surface area (Å²) in [5, 5.41) is 3.14. The zero-order valence-corrected chi connectivity index (χ0v) is 15.4. The van der Waals surface area contributed by atoms with Crippen molar-refractivity contribution in [2.45, 2.75) is 26.8 Å². The molecule has 134 valence electrons. The summed E-state index contributed by atoms with van der Waals surface area (Å²) in [7, 11) is 0. The lowest BCUT2D eigenvalue weighted by Gasteiger charge is -2.16. The van der Waals surface area contributed by atoms with E-state index >= 15 is 0 Å². The largest absolute Gasteiger partial charge is 0.365 e. The number of nitrogens with two attached hydrogens (primary N) is 1. The number of anilines is 1. The molecule has 1 atom stereocenters. The van der Waals surface area contributed by atoms with Gasteiger partial charge in [-0.3, -0.25) is 19.0 Å². The van der Waals surface area contributed by atoms with E-state index in [1.54, 1.807) is 19.9 Å². The van der Waals surface area contributed by atoms with Crippen molar-refractivity contribution in [2.24, 2.45) is 5.73 Å². The molecule has 2 heterocycles. The first kappa shape index (κ1) is 17.8. The number of aryl methyl sites for hydroxylation is 2. The van der Waals surface area contributed by atoms with E-state index in [0.29, 0.717) is 26.3 Å². The highest BCUT2D eigenvalue weighted by molar-refractivity contribution is 7.20. The van der Waals surface area contributed by atoms with Gasteiger partial charge in [-0.15, -0.1) is 11.3 Å². The van der Waals surface area contributed by atoms with Gasteiger partial charge in [0.2, 0.25) is 5.91 Å². The summed E-state index contributed by atoms with van der Waals surface area (Å²) in [6.45, 7) is 5.17. The van der Waals surface area contributed by atoms with Crippen molar-refractivity contribution < 1.29 is 9.59 Å². The van der Waals surface area contributed by atoms with Gasteiger partial charge in [0, 0.05) is 5.69 Å². The van der Waals surface area contributed by atoms with Crippen LogP contribution in [0.5, 0.6) is 0 Å². The molecule has 3 rings (SSSR count). The first-order chi connectivity index (χ1) is 12.3. The number of fused-ring (bicyclic) bond motifs is 1. The highest BCUT2D eigenvalue weighted by Gasteiger charge is 2.22. The summed E-state index contributed by atoms with van der Waals surface area (Å²) in [5.41, 5.74) is 7.08. The van der Waals surface area contributed by atoms with Gasteiger partial charge in [0.1, 0.15) is 10.9 Å². The third-order valence-corrected chi connectivity index (χ3v) is 5.51. The second-order valence-corrected chi connectivity index (χ2v) is 7.04. The number of aromatic nitrogens is 2. The molecule has 7 nitrogen and oxygen atoms in total. The molecule has 3 aromatic rings. The SMILES string of the molecule is Cc1ccccc1NC(=O)[C@H](C)n1cnc2sc(C(N)=O)c(C)c2c1=O. The Kier molecular flexibility index (Phi) is 4.60. The number of benzene rings is 1. The van der Waals surface area contributed by atoms with E-state index in [1.807, 2.05) is 25.1 Å². The maximum atomic E-state index is 12.8. The summed E-state index contributed by atoms with van der Waals surface area (Å²) in [4.78, 5) is 41.9. The fraction of sp³-hybridized carbons (Fsp3) is 0.222. The lowest BCUT2D eigenvalue weighted by Crippen LogP contribution is -2.32.